The molecular weight excluding hydrogens is 651 g/mol. The van der Waals surface area contributed by atoms with Gasteiger partial charge in [0.1, 0.15) is 0 Å². The molecule has 0 aromatic rings. The van der Waals surface area contributed by atoms with Gasteiger partial charge >= 0.3 is 0 Å². The average molecular weight is 738 g/mol. The number of unbranched alkanes of at least 4 members (excludes halogenated alkanes) is 18. The summed E-state index contributed by atoms with van der Waals surface area (Å²) in [5.74, 6) is 7.39. The van der Waals surface area contributed by atoms with E-state index in [9.17, 15) is 0 Å². The minimum Gasteiger partial charge on any atom is -0.379 e. The molecule has 0 aliphatic heterocycles. The van der Waals surface area contributed by atoms with Gasteiger partial charge in [0.15, 0.2) is 0 Å². The van der Waals surface area contributed by atoms with E-state index >= 15 is 0 Å². The summed E-state index contributed by atoms with van der Waals surface area (Å²) in [6, 6.07) is 0. The largest absolute Gasteiger partial charge is 0.379 e. The van der Waals surface area contributed by atoms with Gasteiger partial charge in [0.2, 0.25) is 0 Å². The van der Waals surface area contributed by atoms with Crippen LogP contribution in [-0.4, -0.2) is 51.5 Å². The molecule has 1 atom stereocenters. The summed E-state index contributed by atoms with van der Waals surface area (Å²) in [6.45, 7) is 13.6. The van der Waals surface area contributed by atoms with E-state index in [0.717, 1.165) is 50.5 Å². The van der Waals surface area contributed by atoms with Gasteiger partial charge in [0, 0.05) is 44.6 Å². The van der Waals surface area contributed by atoms with E-state index in [2.05, 4.69) is 76.1 Å². The third-order valence-electron chi connectivity index (χ3n) is 7.50. The van der Waals surface area contributed by atoms with Crippen molar-refractivity contribution in [3.05, 3.63) is 24.3 Å². The molecule has 5 heteroatoms. The molecule has 3 nitrogen and oxygen atoms in total. The lowest BCUT2D eigenvalue weighted by Gasteiger charge is -2.14. The van der Waals surface area contributed by atoms with Crippen molar-refractivity contribution >= 4 is 21.6 Å². The van der Waals surface area contributed by atoms with Crippen LogP contribution in [-0.2, 0) is 9.47 Å². The van der Waals surface area contributed by atoms with E-state index in [1.54, 1.807) is 7.11 Å². The van der Waals surface area contributed by atoms with Crippen LogP contribution < -0.4 is 5.32 Å². The minimum atomic E-state index is 0.210. The molecule has 296 valence electrons. The molecule has 0 aromatic heterocycles. The van der Waals surface area contributed by atoms with Gasteiger partial charge in [-0.1, -0.05) is 170 Å². The maximum absolute atomic E-state index is 5.81. The molecule has 0 amide bonds. The number of methoxy groups -OCH3 is 1. The first-order valence-electron chi connectivity index (χ1n) is 20.8. The van der Waals surface area contributed by atoms with Crippen LogP contribution in [0.1, 0.15) is 189 Å². The van der Waals surface area contributed by atoms with Crippen molar-refractivity contribution in [2.24, 2.45) is 0 Å². The van der Waals surface area contributed by atoms with Crippen LogP contribution in [0.3, 0.4) is 0 Å². The van der Waals surface area contributed by atoms with Crippen LogP contribution in [0.15, 0.2) is 24.3 Å². The van der Waals surface area contributed by atoms with Crippen molar-refractivity contribution in [3.63, 3.8) is 0 Å². The Hall–Kier alpha value is -0.820. The summed E-state index contributed by atoms with van der Waals surface area (Å²) in [4.78, 5) is 0. The van der Waals surface area contributed by atoms with E-state index < -0.39 is 0 Å². The Balaban J connectivity index is -0.000000427. The highest BCUT2D eigenvalue weighted by molar-refractivity contribution is 8.76. The zero-order chi connectivity index (χ0) is 37.9. The second-order valence-electron chi connectivity index (χ2n) is 12.8. The van der Waals surface area contributed by atoms with Crippen molar-refractivity contribution in [2.75, 3.05) is 45.4 Å². The van der Waals surface area contributed by atoms with E-state index in [4.69, 9.17) is 22.3 Å². The second-order valence-corrected chi connectivity index (χ2v) is 15.4. The topological polar surface area (TPSA) is 30.5 Å². The molecule has 1 unspecified atom stereocenters. The monoisotopic (exact) mass is 738 g/mol. The Bertz CT molecular complexity index is 698. The van der Waals surface area contributed by atoms with Crippen LogP contribution >= 0.6 is 21.6 Å². The zero-order valence-corrected chi connectivity index (χ0v) is 36.3. The van der Waals surface area contributed by atoms with Gasteiger partial charge in [0.25, 0.3) is 0 Å². The van der Waals surface area contributed by atoms with E-state index in [-0.39, 0.29) is 6.10 Å². The van der Waals surface area contributed by atoms with Crippen molar-refractivity contribution in [1.82, 2.24) is 5.32 Å². The lowest BCUT2D eigenvalue weighted by molar-refractivity contribution is 0.0200. The van der Waals surface area contributed by atoms with E-state index in [1.807, 2.05) is 28.6 Å². The number of rotatable bonds is 33. The average Bonchev–Trinajstić information content (AvgIpc) is 3.12. The van der Waals surface area contributed by atoms with Crippen molar-refractivity contribution < 1.29 is 9.47 Å². The van der Waals surface area contributed by atoms with Gasteiger partial charge in [-0.05, 0) is 58.4 Å². The SMILES string of the molecule is C#CCCCCC.C#CCCCCCCCC.CCC.CCCCC/C=C\C/C=C\CCCCCCCCOCC(CSSCCNC)OC. The van der Waals surface area contributed by atoms with Crippen LogP contribution in [0, 0.1) is 24.7 Å². The van der Waals surface area contributed by atoms with Gasteiger partial charge in [-0.15, -0.1) is 24.7 Å². The maximum Gasteiger partial charge on any atom is 0.0903 e. The first-order chi connectivity index (χ1) is 24.6. The van der Waals surface area contributed by atoms with Gasteiger partial charge in [-0.3, -0.25) is 0 Å². The number of terminal acetylenes is 2. The van der Waals surface area contributed by atoms with Crippen LogP contribution in [0.4, 0.5) is 0 Å². The van der Waals surface area contributed by atoms with Crippen molar-refractivity contribution in [2.45, 2.75) is 195 Å². The van der Waals surface area contributed by atoms with Gasteiger partial charge in [0.05, 0.1) is 12.7 Å². The molecule has 0 radical (unpaired) electrons. The summed E-state index contributed by atoms with van der Waals surface area (Å²) in [5.41, 5.74) is 0. The Morgan fingerprint density at radius 1 is 0.620 bits per heavy atom. The number of ether oxygens (including phenoxy) is 2. The highest BCUT2D eigenvalue weighted by Gasteiger charge is 2.07. The molecule has 0 spiro atoms. The van der Waals surface area contributed by atoms with E-state index in [0.29, 0.717) is 0 Å². The molecule has 0 heterocycles. The lowest BCUT2D eigenvalue weighted by Crippen LogP contribution is -2.21. The molecule has 0 saturated carbocycles. The summed E-state index contributed by atoms with van der Waals surface area (Å²) < 4.78 is 11.3. The number of hydrogen-bond acceptors (Lipinski definition) is 5. The predicted molar refractivity (Wildman–Crippen MR) is 236 cm³/mol. The molecule has 50 heavy (non-hydrogen) atoms. The first-order valence-corrected chi connectivity index (χ1v) is 23.2. The lowest BCUT2D eigenvalue weighted by atomic mass is 10.1. The normalized spacial score (nSPS) is 11.1. The van der Waals surface area contributed by atoms with Crippen LogP contribution in [0.2, 0.25) is 0 Å². The molecule has 1 N–H and O–H groups in total. The molecule has 0 aliphatic carbocycles. The van der Waals surface area contributed by atoms with Gasteiger partial charge in [-0.25, -0.2) is 0 Å². The fourth-order valence-electron chi connectivity index (χ4n) is 4.40. The highest BCUT2D eigenvalue weighted by Crippen LogP contribution is 2.22. The molecule has 0 bridgehead atoms. The molecule has 0 aliphatic rings. The smallest absolute Gasteiger partial charge is 0.0903 e. The Morgan fingerprint density at radius 3 is 1.62 bits per heavy atom. The predicted octanol–water partition coefficient (Wildman–Crippen LogP) is 14.4. The Morgan fingerprint density at radius 2 is 1.08 bits per heavy atom. The molecule has 0 saturated heterocycles. The maximum atomic E-state index is 5.81. The van der Waals surface area contributed by atoms with Crippen molar-refractivity contribution in [1.29, 1.82) is 0 Å². The van der Waals surface area contributed by atoms with E-state index in [1.165, 1.54) is 135 Å². The fraction of sp³-hybridized carbons (Fsp3) is 0.822. The summed E-state index contributed by atoms with van der Waals surface area (Å²) in [5, 5.41) is 3.16. The third kappa shape index (κ3) is 65.5. The summed E-state index contributed by atoms with van der Waals surface area (Å²) >= 11 is 0. The quantitative estimate of drug-likeness (QED) is 0.0314. The Labute approximate surface area is 324 Å². The summed E-state index contributed by atoms with van der Waals surface area (Å²) in [6.07, 6.45) is 50.0. The highest BCUT2D eigenvalue weighted by atomic mass is 33.1. The molecule has 0 aromatic carbocycles. The number of allylic oxidation sites excluding steroid dienone is 4. The molecule has 0 rings (SSSR count). The molecular formula is C45H87NO2S2. The van der Waals surface area contributed by atoms with Gasteiger partial charge < -0.3 is 14.8 Å². The minimum absolute atomic E-state index is 0.210. The second kappa shape index (κ2) is 60.3. The van der Waals surface area contributed by atoms with Gasteiger partial charge in [-0.2, -0.15) is 0 Å². The first kappa shape index (κ1) is 55.9. The van der Waals surface area contributed by atoms with Crippen molar-refractivity contribution in [3.8, 4) is 24.7 Å². The van der Waals surface area contributed by atoms with Crippen LogP contribution in [0.5, 0.6) is 0 Å². The Kier molecular flexibility index (Phi) is 67.4. The number of hydrogen-bond donors (Lipinski definition) is 1. The standard InChI is InChI=1S/C25H49NO2S2.C10H18.C7H12.C3H8/c1-4-5-6-7-8-9-10-11-12-13-14-15-16-17-18-19-21-28-23-25(27-3)24-30-29-22-20-26-2;1-3-5-7-9-10-8-6-4-2;1-3-5-7-6-4-2;1-3-2/h8-9,11-12,25-26H,4-7,10,13-24H2,1-3H3;1H,4-10H2,2H3;1H,4-7H2,2H3;3H2,1-2H3/b9-8-,12-11-;;;. The zero-order valence-electron chi connectivity index (χ0n) is 34.7. The van der Waals surface area contributed by atoms with Crippen LogP contribution in [0.25, 0.3) is 0 Å². The molecule has 0 fully saturated rings. The number of nitrogens with one attached hydrogen (secondary N) is 1. The fourth-order valence-corrected chi connectivity index (χ4v) is 6.64. The third-order valence-corrected chi connectivity index (χ3v) is 9.95. The summed E-state index contributed by atoms with van der Waals surface area (Å²) in [7, 11) is 7.55.